The number of rotatable bonds is 10. The second kappa shape index (κ2) is 16.6. The van der Waals surface area contributed by atoms with Gasteiger partial charge in [-0.1, -0.05) is 52.0 Å². The molecule has 312 valence electrons. The third-order valence-corrected chi connectivity index (χ3v) is 11.8. The quantitative estimate of drug-likeness (QED) is 0.109. The largest absolute Gasteiger partial charge is 0.453 e. The Morgan fingerprint density at radius 1 is 0.617 bits per heavy atom. The smallest absolute Gasteiger partial charge is 0.407 e. The number of fused-ring (bicyclic) bond motifs is 3. The zero-order valence-corrected chi connectivity index (χ0v) is 34.7. The number of aromatic amines is 2. The number of carbonyl (C=O) groups is 4. The molecule has 0 radical (unpaired) electrons. The average molecular weight is 814 g/mol. The van der Waals surface area contributed by atoms with E-state index in [-0.39, 0.29) is 35.7 Å². The average Bonchev–Trinajstić information content (AvgIpc) is 4.08. The number of nitrogens with zero attached hydrogens (tertiary/aromatic N) is 5. The van der Waals surface area contributed by atoms with E-state index in [0.29, 0.717) is 13.1 Å². The summed E-state index contributed by atoms with van der Waals surface area (Å²) in [4.78, 5) is 76.7. The SMILES string of the molecule is COC(=O)N[C@H](C(=O)N1CCCC1c1nc2ccc(-c3ccc4cc(-c5ccc6nc([C@@H]7CCCN7C(=O)[C@@H](NC(=O)OC)C(C)C)[nH]c6c5)ccc4n3)cc2[nH]1)C(C)C. The van der Waals surface area contributed by atoms with Gasteiger partial charge in [0.1, 0.15) is 23.7 Å². The number of H-pyrrole nitrogens is 2. The zero-order valence-electron chi connectivity index (χ0n) is 34.7. The van der Waals surface area contributed by atoms with Crippen LogP contribution in [0.5, 0.6) is 0 Å². The van der Waals surface area contributed by atoms with Crippen molar-refractivity contribution in [2.45, 2.75) is 77.5 Å². The second-order valence-corrected chi connectivity index (χ2v) is 16.4. The van der Waals surface area contributed by atoms with Crippen LogP contribution in [0.2, 0.25) is 0 Å². The number of amides is 4. The first kappa shape index (κ1) is 40.3. The van der Waals surface area contributed by atoms with Crippen molar-refractivity contribution in [1.29, 1.82) is 0 Å². The molecule has 6 aromatic rings. The van der Waals surface area contributed by atoms with Crippen LogP contribution in [0.4, 0.5) is 9.59 Å². The van der Waals surface area contributed by atoms with Gasteiger partial charge in [-0.2, -0.15) is 0 Å². The number of hydrogen-bond acceptors (Lipinski definition) is 9. The Morgan fingerprint density at radius 2 is 1.08 bits per heavy atom. The molecule has 2 aliphatic rings. The summed E-state index contributed by atoms with van der Waals surface area (Å²) in [5.41, 5.74) is 8.03. The summed E-state index contributed by atoms with van der Waals surface area (Å²) in [6.45, 7) is 8.78. The van der Waals surface area contributed by atoms with E-state index in [1.54, 1.807) is 0 Å². The van der Waals surface area contributed by atoms with E-state index in [9.17, 15) is 19.2 Å². The van der Waals surface area contributed by atoms with Gasteiger partial charge in [-0.25, -0.2) is 24.5 Å². The van der Waals surface area contributed by atoms with Crippen LogP contribution in [0.1, 0.15) is 77.1 Å². The first-order valence-electron chi connectivity index (χ1n) is 20.6. The summed E-state index contributed by atoms with van der Waals surface area (Å²) in [6.07, 6.45) is 1.97. The van der Waals surface area contributed by atoms with E-state index in [4.69, 9.17) is 24.4 Å². The van der Waals surface area contributed by atoms with Crippen molar-refractivity contribution in [1.82, 2.24) is 45.4 Å². The number of benzene rings is 3. The molecule has 4 N–H and O–H groups in total. The fraction of sp³-hybridized carbons (Fsp3) is 0.400. The van der Waals surface area contributed by atoms with Crippen molar-refractivity contribution in [3.8, 4) is 22.4 Å². The lowest BCUT2D eigenvalue weighted by Crippen LogP contribution is -2.51. The Balaban J connectivity index is 0.993. The van der Waals surface area contributed by atoms with Crippen LogP contribution in [0.25, 0.3) is 55.4 Å². The van der Waals surface area contributed by atoms with Crippen LogP contribution in [0, 0.1) is 11.8 Å². The fourth-order valence-corrected chi connectivity index (χ4v) is 8.56. The molecule has 4 atom stereocenters. The number of imidazole rings is 2. The third kappa shape index (κ3) is 7.83. The van der Waals surface area contributed by atoms with Gasteiger partial charge < -0.3 is 39.9 Å². The first-order valence-corrected chi connectivity index (χ1v) is 20.6. The summed E-state index contributed by atoms with van der Waals surface area (Å²) in [5, 5.41) is 6.41. The number of ether oxygens (including phenoxy) is 2. The molecule has 0 bridgehead atoms. The summed E-state index contributed by atoms with van der Waals surface area (Å²) >= 11 is 0. The van der Waals surface area contributed by atoms with Crippen LogP contribution in [0.15, 0.2) is 66.7 Å². The molecule has 2 aliphatic heterocycles. The van der Waals surface area contributed by atoms with Gasteiger partial charge in [-0.05, 0) is 91.1 Å². The van der Waals surface area contributed by atoms with E-state index in [1.807, 2.05) is 73.9 Å². The lowest BCUT2D eigenvalue weighted by molar-refractivity contribution is -0.136. The molecule has 1 unspecified atom stereocenters. The number of pyridine rings is 1. The molecule has 8 rings (SSSR count). The van der Waals surface area contributed by atoms with Crippen molar-refractivity contribution in [2.24, 2.45) is 11.8 Å². The summed E-state index contributed by atoms with van der Waals surface area (Å²) in [6, 6.07) is 20.6. The maximum Gasteiger partial charge on any atom is 0.407 e. The van der Waals surface area contributed by atoms with E-state index in [0.717, 1.165) is 92.7 Å². The second-order valence-electron chi connectivity index (χ2n) is 16.4. The predicted molar refractivity (Wildman–Crippen MR) is 228 cm³/mol. The van der Waals surface area contributed by atoms with Gasteiger partial charge in [0, 0.05) is 24.0 Å². The van der Waals surface area contributed by atoms with Gasteiger partial charge in [0.25, 0.3) is 0 Å². The minimum absolute atomic E-state index is 0.113. The summed E-state index contributed by atoms with van der Waals surface area (Å²) in [7, 11) is 2.58. The minimum atomic E-state index is -0.700. The maximum atomic E-state index is 13.7. The van der Waals surface area contributed by atoms with E-state index < -0.39 is 24.3 Å². The lowest BCUT2D eigenvalue weighted by atomic mass is 10.0. The van der Waals surface area contributed by atoms with Crippen LogP contribution < -0.4 is 10.6 Å². The topological polar surface area (TPSA) is 188 Å². The Morgan fingerprint density at radius 3 is 1.58 bits per heavy atom. The zero-order chi connectivity index (χ0) is 42.2. The molecule has 3 aromatic heterocycles. The highest BCUT2D eigenvalue weighted by molar-refractivity contribution is 5.91. The number of likely N-dealkylation sites (tertiary alicyclic amines) is 2. The monoisotopic (exact) mass is 813 g/mol. The third-order valence-electron chi connectivity index (χ3n) is 11.8. The minimum Gasteiger partial charge on any atom is -0.453 e. The highest BCUT2D eigenvalue weighted by Gasteiger charge is 2.39. The molecule has 15 heteroatoms. The van der Waals surface area contributed by atoms with Gasteiger partial charge in [-0.15, -0.1) is 0 Å². The first-order chi connectivity index (χ1) is 28.9. The number of methoxy groups -OCH3 is 2. The Bertz CT molecular complexity index is 2420. The molecule has 2 fully saturated rings. The molecule has 5 heterocycles. The lowest BCUT2D eigenvalue weighted by Gasteiger charge is -2.29. The highest BCUT2D eigenvalue weighted by atomic mass is 16.5. The Hall–Kier alpha value is -6.51. The molecule has 2 saturated heterocycles. The van der Waals surface area contributed by atoms with Gasteiger partial charge in [0.05, 0.1) is 59.6 Å². The van der Waals surface area contributed by atoms with E-state index in [1.165, 1.54) is 14.2 Å². The Kier molecular flexibility index (Phi) is 11.2. The molecular weight excluding hydrogens is 763 g/mol. The number of nitrogens with one attached hydrogen (secondary N) is 4. The van der Waals surface area contributed by atoms with Crippen LogP contribution in [0.3, 0.4) is 0 Å². The van der Waals surface area contributed by atoms with Gasteiger partial charge >= 0.3 is 12.2 Å². The normalized spacial score (nSPS) is 17.8. The van der Waals surface area contributed by atoms with Crippen molar-refractivity contribution in [3.63, 3.8) is 0 Å². The number of carbonyl (C=O) groups excluding carboxylic acids is 4. The number of alkyl carbamates (subject to hydrolysis) is 2. The van der Waals surface area contributed by atoms with Gasteiger partial charge in [-0.3, -0.25) is 9.59 Å². The molecule has 3 aromatic carbocycles. The molecule has 0 aliphatic carbocycles. The van der Waals surface area contributed by atoms with Crippen molar-refractivity contribution in [3.05, 3.63) is 78.4 Å². The standard InChI is InChI=1S/C45H51N9O6/c1-24(2)38(51-44(57)59-5)42(55)53-19-7-9-36(53)40-47-32-17-12-27(22-34(32)49-40)26-11-15-30-28(21-26)13-16-31(46-30)29-14-18-33-35(23-29)50-41(48-33)37-10-8-20-54(37)43(56)39(25(3)4)52-45(58)60-6/h11-18,21-25,36-39H,7-10,19-20H2,1-6H3,(H,47,49)(H,48,50)(H,51,57)(H,52,58)/t36-,37?,38-,39-/m0/s1. The van der Waals surface area contributed by atoms with Gasteiger partial charge in [0.2, 0.25) is 11.8 Å². The molecule has 60 heavy (non-hydrogen) atoms. The highest BCUT2D eigenvalue weighted by Crippen LogP contribution is 2.36. The molecule has 15 nitrogen and oxygen atoms in total. The van der Waals surface area contributed by atoms with Crippen LogP contribution in [-0.2, 0) is 19.1 Å². The van der Waals surface area contributed by atoms with Crippen molar-refractivity contribution >= 4 is 57.0 Å². The maximum absolute atomic E-state index is 13.7. The van der Waals surface area contributed by atoms with Crippen LogP contribution in [-0.4, -0.2) is 98.1 Å². The summed E-state index contributed by atoms with van der Waals surface area (Å²) < 4.78 is 9.56. The van der Waals surface area contributed by atoms with Crippen LogP contribution >= 0.6 is 0 Å². The molecule has 0 spiro atoms. The molecular formula is C45H51N9O6. The molecule has 4 amide bonds. The van der Waals surface area contributed by atoms with Crippen molar-refractivity contribution < 1.29 is 28.7 Å². The van der Waals surface area contributed by atoms with E-state index >= 15 is 0 Å². The van der Waals surface area contributed by atoms with Gasteiger partial charge in [0.15, 0.2) is 0 Å². The van der Waals surface area contributed by atoms with E-state index in [2.05, 4.69) is 50.9 Å². The number of aromatic nitrogens is 5. The molecule has 0 saturated carbocycles. The summed E-state index contributed by atoms with van der Waals surface area (Å²) in [5.74, 6) is 0.935. The van der Waals surface area contributed by atoms with Crippen molar-refractivity contribution in [2.75, 3.05) is 27.3 Å². The fourth-order valence-electron chi connectivity index (χ4n) is 8.56. The predicted octanol–water partition coefficient (Wildman–Crippen LogP) is 7.41. The Labute approximate surface area is 347 Å². The number of hydrogen-bond donors (Lipinski definition) is 4.